The van der Waals surface area contributed by atoms with Crippen molar-refractivity contribution in [3.63, 3.8) is 0 Å². The van der Waals surface area contributed by atoms with Crippen LogP contribution >= 0.6 is 15.9 Å². The Morgan fingerprint density at radius 2 is 1.75 bits per heavy atom. The highest BCUT2D eigenvalue weighted by atomic mass is 79.9. The average Bonchev–Trinajstić information content (AvgIpc) is 2.47. The highest BCUT2D eigenvalue weighted by molar-refractivity contribution is 9.10. The smallest absolute Gasteiger partial charge is 0.169 e. The van der Waals surface area contributed by atoms with Crippen LogP contribution in [0.1, 0.15) is 11.1 Å². The predicted molar refractivity (Wildman–Crippen MR) is 86.3 cm³/mol. The monoisotopic (exact) mass is 329 g/mol. The van der Waals surface area contributed by atoms with Crippen molar-refractivity contribution in [2.45, 2.75) is 6.42 Å². The van der Waals surface area contributed by atoms with E-state index < -0.39 is 0 Å². The molecule has 2 aromatic rings. The minimum atomic E-state index is 0.105. The number of carbonyl (C=O) groups is 1. The summed E-state index contributed by atoms with van der Waals surface area (Å²) in [5, 5.41) is 2.95. The summed E-state index contributed by atoms with van der Waals surface area (Å²) in [6, 6.07) is 17.5. The fourth-order valence-electron chi connectivity index (χ4n) is 1.98. The molecular formula is C17H16BrNO. The molecule has 0 amide bonds. The van der Waals surface area contributed by atoms with Crippen molar-refractivity contribution in [1.82, 2.24) is 5.32 Å². The van der Waals surface area contributed by atoms with Gasteiger partial charge in [-0.2, -0.15) is 0 Å². The van der Waals surface area contributed by atoms with Gasteiger partial charge in [-0.15, -0.1) is 0 Å². The standard InChI is InChI=1S/C17H16BrNO/c1-19-12-16(14-7-9-15(18)10-8-14)17(20)11-13-5-3-2-4-6-13/h2-10,12,19H,11H2,1H3. The normalized spacial score (nSPS) is 11.2. The largest absolute Gasteiger partial charge is 0.393 e. The van der Waals surface area contributed by atoms with Crippen LogP contribution in [-0.4, -0.2) is 12.8 Å². The zero-order valence-corrected chi connectivity index (χ0v) is 12.9. The summed E-state index contributed by atoms with van der Waals surface area (Å²) in [6.45, 7) is 0. The average molecular weight is 330 g/mol. The van der Waals surface area contributed by atoms with Gasteiger partial charge in [0.15, 0.2) is 5.78 Å². The van der Waals surface area contributed by atoms with E-state index in [4.69, 9.17) is 0 Å². The second kappa shape index (κ2) is 7.06. The van der Waals surface area contributed by atoms with Crippen molar-refractivity contribution in [1.29, 1.82) is 0 Å². The lowest BCUT2D eigenvalue weighted by atomic mass is 9.98. The molecule has 20 heavy (non-hydrogen) atoms. The molecule has 0 fully saturated rings. The molecule has 0 spiro atoms. The Bertz CT molecular complexity index is 603. The van der Waals surface area contributed by atoms with Crippen molar-refractivity contribution in [3.8, 4) is 0 Å². The number of benzene rings is 2. The molecule has 0 saturated carbocycles. The van der Waals surface area contributed by atoms with Crippen LogP contribution in [0, 0.1) is 0 Å². The van der Waals surface area contributed by atoms with Crippen LogP contribution in [0.5, 0.6) is 0 Å². The van der Waals surface area contributed by atoms with Crippen molar-refractivity contribution >= 4 is 27.3 Å². The number of carbonyl (C=O) groups excluding carboxylic acids is 1. The third-order valence-corrected chi connectivity index (χ3v) is 3.48. The van der Waals surface area contributed by atoms with Gasteiger partial charge in [0.05, 0.1) is 0 Å². The first-order valence-corrected chi connectivity index (χ1v) is 7.20. The van der Waals surface area contributed by atoms with Crippen LogP contribution in [0.2, 0.25) is 0 Å². The number of rotatable bonds is 5. The molecule has 0 aliphatic carbocycles. The quantitative estimate of drug-likeness (QED) is 0.845. The number of hydrogen-bond acceptors (Lipinski definition) is 2. The maximum Gasteiger partial charge on any atom is 0.169 e. The summed E-state index contributed by atoms with van der Waals surface area (Å²) in [5.74, 6) is 0.105. The molecule has 0 radical (unpaired) electrons. The molecule has 0 aromatic heterocycles. The molecule has 0 bridgehead atoms. The maximum atomic E-state index is 12.5. The molecule has 0 heterocycles. The fraction of sp³-hybridized carbons (Fsp3) is 0.118. The van der Waals surface area contributed by atoms with E-state index in [1.807, 2.05) is 54.6 Å². The van der Waals surface area contributed by atoms with Crippen molar-refractivity contribution < 1.29 is 4.79 Å². The van der Waals surface area contributed by atoms with E-state index in [0.29, 0.717) is 12.0 Å². The molecular weight excluding hydrogens is 314 g/mol. The van der Waals surface area contributed by atoms with Crippen LogP contribution in [0.4, 0.5) is 0 Å². The van der Waals surface area contributed by atoms with Gasteiger partial charge in [-0.3, -0.25) is 4.79 Å². The first-order valence-electron chi connectivity index (χ1n) is 6.41. The van der Waals surface area contributed by atoms with Gasteiger partial charge in [0, 0.05) is 29.7 Å². The molecule has 3 heteroatoms. The predicted octanol–water partition coefficient (Wildman–Crippen LogP) is 3.82. The second-order valence-corrected chi connectivity index (χ2v) is 5.35. The van der Waals surface area contributed by atoms with E-state index in [1.54, 1.807) is 13.2 Å². The van der Waals surface area contributed by atoms with E-state index in [2.05, 4.69) is 21.2 Å². The van der Waals surface area contributed by atoms with Crippen molar-refractivity contribution in [2.75, 3.05) is 7.05 Å². The van der Waals surface area contributed by atoms with Crippen LogP contribution in [0.25, 0.3) is 5.57 Å². The van der Waals surface area contributed by atoms with E-state index in [1.165, 1.54) is 0 Å². The fourth-order valence-corrected chi connectivity index (χ4v) is 2.24. The SMILES string of the molecule is CNC=C(C(=O)Cc1ccccc1)c1ccc(Br)cc1. The topological polar surface area (TPSA) is 29.1 Å². The van der Waals surface area contributed by atoms with Gasteiger partial charge in [-0.1, -0.05) is 58.4 Å². The maximum absolute atomic E-state index is 12.5. The lowest BCUT2D eigenvalue weighted by Gasteiger charge is -2.08. The Kier molecular flexibility index (Phi) is 5.13. The van der Waals surface area contributed by atoms with Gasteiger partial charge >= 0.3 is 0 Å². The van der Waals surface area contributed by atoms with Gasteiger partial charge in [-0.25, -0.2) is 0 Å². The van der Waals surface area contributed by atoms with Crippen LogP contribution in [-0.2, 0) is 11.2 Å². The van der Waals surface area contributed by atoms with E-state index in [0.717, 1.165) is 15.6 Å². The number of allylic oxidation sites excluding steroid dienone is 1. The number of nitrogens with one attached hydrogen (secondary N) is 1. The zero-order chi connectivity index (χ0) is 14.4. The Hall–Kier alpha value is -1.87. The Labute approximate surface area is 127 Å². The summed E-state index contributed by atoms with van der Waals surface area (Å²) in [7, 11) is 1.80. The van der Waals surface area contributed by atoms with E-state index in [9.17, 15) is 4.79 Å². The highest BCUT2D eigenvalue weighted by Crippen LogP contribution is 2.20. The minimum Gasteiger partial charge on any atom is -0.393 e. The molecule has 2 aromatic carbocycles. The number of ketones is 1. The van der Waals surface area contributed by atoms with E-state index in [-0.39, 0.29) is 5.78 Å². The van der Waals surface area contributed by atoms with Crippen molar-refractivity contribution in [2.24, 2.45) is 0 Å². The lowest BCUT2D eigenvalue weighted by molar-refractivity contribution is -0.113. The molecule has 2 nitrogen and oxygen atoms in total. The third-order valence-electron chi connectivity index (χ3n) is 2.95. The number of Topliss-reactive ketones (excluding diaryl/α,β-unsaturated/α-hetero) is 1. The number of hydrogen-bond donors (Lipinski definition) is 1. The molecule has 0 unspecified atom stereocenters. The Balaban J connectivity index is 2.23. The summed E-state index contributed by atoms with van der Waals surface area (Å²) >= 11 is 3.40. The van der Waals surface area contributed by atoms with Crippen LogP contribution in [0.15, 0.2) is 65.3 Å². The number of halogens is 1. The molecule has 0 aliphatic heterocycles. The second-order valence-electron chi connectivity index (χ2n) is 4.44. The van der Waals surface area contributed by atoms with Crippen LogP contribution < -0.4 is 5.32 Å². The van der Waals surface area contributed by atoms with Gasteiger partial charge < -0.3 is 5.32 Å². The molecule has 0 aliphatic rings. The van der Waals surface area contributed by atoms with Gasteiger partial charge in [0.1, 0.15) is 0 Å². The summed E-state index contributed by atoms with van der Waals surface area (Å²) in [6.07, 6.45) is 2.17. The summed E-state index contributed by atoms with van der Waals surface area (Å²) in [5.41, 5.74) is 2.64. The molecule has 102 valence electrons. The van der Waals surface area contributed by atoms with Gasteiger partial charge in [0.25, 0.3) is 0 Å². The Morgan fingerprint density at radius 3 is 2.35 bits per heavy atom. The first kappa shape index (κ1) is 14.5. The first-order chi connectivity index (χ1) is 9.70. The van der Waals surface area contributed by atoms with E-state index >= 15 is 0 Å². The summed E-state index contributed by atoms with van der Waals surface area (Å²) < 4.78 is 1.00. The lowest BCUT2D eigenvalue weighted by Crippen LogP contribution is -2.09. The Morgan fingerprint density at radius 1 is 1.10 bits per heavy atom. The van der Waals surface area contributed by atoms with Gasteiger partial charge in [-0.05, 0) is 23.3 Å². The van der Waals surface area contributed by atoms with Gasteiger partial charge in [0.2, 0.25) is 0 Å². The summed E-state index contributed by atoms with van der Waals surface area (Å²) in [4.78, 5) is 12.5. The van der Waals surface area contributed by atoms with Crippen LogP contribution in [0.3, 0.4) is 0 Å². The van der Waals surface area contributed by atoms with Crippen molar-refractivity contribution in [3.05, 3.63) is 76.4 Å². The minimum absolute atomic E-state index is 0.105. The molecule has 0 saturated heterocycles. The third kappa shape index (κ3) is 3.81. The molecule has 1 N–H and O–H groups in total. The zero-order valence-electron chi connectivity index (χ0n) is 11.3. The molecule has 2 rings (SSSR count). The highest BCUT2D eigenvalue weighted by Gasteiger charge is 2.12. The molecule has 0 atom stereocenters.